The van der Waals surface area contributed by atoms with Gasteiger partial charge in [0.25, 0.3) is 5.91 Å². The molecule has 2 aromatic carbocycles. The van der Waals surface area contributed by atoms with Gasteiger partial charge >= 0.3 is 0 Å². The molecule has 1 heterocycles. The maximum absolute atomic E-state index is 12.1. The summed E-state index contributed by atoms with van der Waals surface area (Å²) in [4.78, 5) is 17.1. The average molecular weight is 363 g/mol. The topological polar surface area (TPSA) is 41.5 Å². The Morgan fingerprint density at radius 2 is 1.96 bits per heavy atom. The molecule has 6 heteroatoms. The van der Waals surface area contributed by atoms with Gasteiger partial charge in [-0.15, -0.1) is 0 Å². The molecule has 116 valence electrons. The normalized spacial score (nSPS) is 17.8. The molecule has 3 rings (SSSR count). The van der Waals surface area contributed by atoms with E-state index < -0.39 is 0 Å². The van der Waals surface area contributed by atoms with E-state index in [0.29, 0.717) is 20.1 Å². The van der Waals surface area contributed by atoms with Crippen LogP contribution in [0.4, 0.5) is 5.69 Å². The van der Waals surface area contributed by atoms with Gasteiger partial charge in [0, 0.05) is 10.0 Å². The number of benzene rings is 2. The van der Waals surface area contributed by atoms with Gasteiger partial charge in [-0.2, -0.15) is 0 Å². The second kappa shape index (κ2) is 6.79. The van der Waals surface area contributed by atoms with Crippen LogP contribution < -0.4 is 5.32 Å². The average Bonchev–Trinajstić information content (AvgIpc) is 2.84. The smallest absolute Gasteiger partial charge is 0.264 e. The largest absolute Gasteiger partial charge is 0.300 e. The lowest BCUT2D eigenvalue weighted by atomic mass is 10.2. The van der Waals surface area contributed by atoms with E-state index in [2.05, 4.69) is 10.3 Å². The lowest BCUT2D eigenvalue weighted by molar-refractivity contribution is -0.115. The summed E-state index contributed by atoms with van der Waals surface area (Å²) in [7, 11) is 0. The first kappa shape index (κ1) is 16.1. The van der Waals surface area contributed by atoms with Gasteiger partial charge in [0.15, 0.2) is 5.17 Å². The van der Waals surface area contributed by atoms with Crippen LogP contribution >= 0.6 is 35.0 Å². The summed E-state index contributed by atoms with van der Waals surface area (Å²) >= 11 is 13.3. The van der Waals surface area contributed by atoms with Crippen LogP contribution in [-0.4, -0.2) is 11.1 Å². The number of carbonyl (C=O) groups is 1. The Morgan fingerprint density at radius 1 is 1.17 bits per heavy atom. The Balaban J connectivity index is 1.88. The minimum absolute atomic E-state index is 0.187. The zero-order valence-corrected chi connectivity index (χ0v) is 14.5. The highest BCUT2D eigenvalue weighted by Crippen LogP contribution is 2.31. The van der Waals surface area contributed by atoms with E-state index in [9.17, 15) is 4.79 Å². The second-order valence-corrected chi connectivity index (χ2v) is 6.81. The van der Waals surface area contributed by atoms with Crippen LogP contribution in [0.3, 0.4) is 0 Å². The van der Waals surface area contributed by atoms with E-state index in [-0.39, 0.29) is 5.91 Å². The minimum atomic E-state index is -0.187. The van der Waals surface area contributed by atoms with Gasteiger partial charge in [-0.05, 0) is 54.1 Å². The van der Waals surface area contributed by atoms with Crippen LogP contribution in [0.5, 0.6) is 0 Å². The lowest BCUT2D eigenvalue weighted by Gasteiger charge is -2.00. The molecule has 0 aromatic heterocycles. The molecule has 1 aliphatic rings. The Labute approximate surface area is 148 Å². The fraction of sp³-hybridized carbons (Fsp3) is 0.0588. The molecule has 23 heavy (non-hydrogen) atoms. The van der Waals surface area contributed by atoms with Gasteiger partial charge in [0.2, 0.25) is 0 Å². The van der Waals surface area contributed by atoms with Crippen LogP contribution in [0.1, 0.15) is 11.1 Å². The number of halogens is 2. The predicted molar refractivity (Wildman–Crippen MR) is 98.4 cm³/mol. The van der Waals surface area contributed by atoms with Crippen molar-refractivity contribution in [1.82, 2.24) is 5.32 Å². The highest BCUT2D eigenvalue weighted by molar-refractivity contribution is 8.18. The number of amidine groups is 1. The Kier molecular flexibility index (Phi) is 4.76. The number of para-hydroxylation sites is 1. The van der Waals surface area contributed by atoms with Crippen molar-refractivity contribution in [2.75, 3.05) is 0 Å². The van der Waals surface area contributed by atoms with Crippen molar-refractivity contribution in [2.24, 2.45) is 4.99 Å². The fourth-order valence-electron chi connectivity index (χ4n) is 2.04. The molecule has 0 unspecified atom stereocenters. The number of nitrogens with one attached hydrogen (secondary N) is 1. The molecule has 1 saturated heterocycles. The first-order valence-corrected chi connectivity index (χ1v) is 8.40. The maximum Gasteiger partial charge on any atom is 0.264 e. The fourth-order valence-corrected chi connectivity index (χ4v) is 3.33. The van der Waals surface area contributed by atoms with Gasteiger partial charge < -0.3 is 5.32 Å². The van der Waals surface area contributed by atoms with Crippen LogP contribution in [0, 0.1) is 6.92 Å². The van der Waals surface area contributed by atoms with Crippen molar-refractivity contribution in [3.63, 3.8) is 0 Å². The summed E-state index contributed by atoms with van der Waals surface area (Å²) in [5, 5.41) is 4.38. The molecule has 1 N–H and O–H groups in total. The van der Waals surface area contributed by atoms with E-state index in [0.717, 1.165) is 16.8 Å². The zero-order valence-electron chi connectivity index (χ0n) is 12.1. The molecule has 0 atom stereocenters. The molecule has 0 aliphatic carbocycles. The highest BCUT2D eigenvalue weighted by atomic mass is 35.5. The summed E-state index contributed by atoms with van der Waals surface area (Å²) in [5.74, 6) is -0.187. The summed E-state index contributed by atoms with van der Waals surface area (Å²) in [6, 6.07) is 12.9. The van der Waals surface area contributed by atoms with E-state index in [1.807, 2.05) is 31.2 Å². The molecule has 0 saturated carbocycles. The third kappa shape index (κ3) is 3.78. The zero-order chi connectivity index (χ0) is 16.4. The van der Waals surface area contributed by atoms with Crippen molar-refractivity contribution in [1.29, 1.82) is 0 Å². The summed E-state index contributed by atoms with van der Waals surface area (Å²) in [6.07, 6.45) is 1.74. The summed E-state index contributed by atoms with van der Waals surface area (Å²) < 4.78 is 0. The molecule has 1 fully saturated rings. The van der Waals surface area contributed by atoms with Gasteiger partial charge in [-0.3, -0.25) is 4.79 Å². The third-order valence-corrected chi connectivity index (χ3v) is 4.71. The van der Waals surface area contributed by atoms with E-state index in [4.69, 9.17) is 23.2 Å². The SMILES string of the molecule is Cc1ccccc1N=C1NC(=O)C(=Cc2ccc(Cl)cc2Cl)S1. The first-order chi connectivity index (χ1) is 11.0. The van der Waals surface area contributed by atoms with Gasteiger partial charge in [-0.25, -0.2) is 4.99 Å². The molecule has 1 aliphatic heterocycles. The Hall–Kier alpha value is -1.75. The standard InChI is InChI=1S/C17H12Cl2N2OS/c1-10-4-2-3-5-14(10)20-17-21-16(22)15(23-17)8-11-6-7-12(18)9-13(11)19/h2-9H,1H3,(H,20,21,22). The molecular weight excluding hydrogens is 351 g/mol. The molecule has 3 nitrogen and oxygen atoms in total. The monoisotopic (exact) mass is 362 g/mol. The number of aliphatic imine (C=N–C) groups is 1. The number of amides is 1. The number of rotatable bonds is 2. The van der Waals surface area contributed by atoms with Gasteiger partial charge in [-0.1, -0.05) is 47.5 Å². The maximum atomic E-state index is 12.1. The van der Waals surface area contributed by atoms with E-state index >= 15 is 0 Å². The van der Waals surface area contributed by atoms with Crippen molar-refractivity contribution in [2.45, 2.75) is 6.92 Å². The number of nitrogens with zero attached hydrogens (tertiary/aromatic N) is 1. The molecule has 0 radical (unpaired) electrons. The van der Waals surface area contributed by atoms with Crippen LogP contribution in [-0.2, 0) is 4.79 Å². The quantitative estimate of drug-likeness (QED) is 0.746. The number of carbonyl (C=O) groups excluding carboxylic acids is 1. The van der Waals surface area contributed by atoms with Crippen molar-refractivity contribution in [3.05, 3.63) is 68.5 Å². The van der Waals surface area contributed by atoms with Crippen molar-refractivity contribution in [3.8, 4) is 0 Å². The summed E-state index contributed by atoms with van der Waals surface area (Å²) in [5.41, 5.74) is 2.62. The number of hydrogen-bond donors (Lipinski definition) is 1. The molecule has 0 spiro atoms. The van der Waals surface area contributed by atoms with Crippen molar-refractivity contribution < 1.29 is 4.79 Å². The third-order valence-electron chi connectivity index (χ3n) is 3.24. The molecular formula is C17H12Cl2N2OS. The Bertz CT molecular complexity index is 846. The highest BCUT2D eigenvalue weighted by Gasteiger charge is 2.24. The van der Waals surface area contributed by atoms with Gasteiger partial charge in [0.1, 0.15) is 0 Å². The first-order valence-electron chi connectivity index (χ1n) is 6.83. The van der Waals surface area contributed by atoms with E-state index in [1.165, 1.54) is 11.8 Å². The van der Waals surface area contributed by atoms with Crippen LogP contribution in [0.15, 0.2) is 52.4 Å². The number of thioether (sulfide) groups is 1. The molecule has 1 amide bonds. The second-order valence-electron chi connectivity index (χ2n) is 4.93. The predicted octanol–water partition coefficient (Wildman–Crippen LogP) is 5.19. The van der Waals surface area contributed by atoms with Gasteiger partial charge in [0.05, 0.1) is 10.6 Å². The Morgan fingerprint density at radius 3 is 2.70 bits per heavy atom. The number of aryl methyl sites for hydroxylation is 1. The minimum Gasteiger partial charge on any atom is -0.300 e. The van der Waals surface area contributed by atoms with Crippen molar-refractivity contribution >= 4 is 57.8 Å². The molecule has 0 bridgehead atoms. The lowest BCUT2D eigenvalue weighted by Crippen LogP contribution is -2.19. The summed E-state index contributed by atoms with van der Waals surface area (Å²) in [6.45, 7) is 1.98. The number of hydrogen-bond acceptors (Lipinski definition) is 3. The van der Waals surface area contributed by atoms with E-state index in [1.54, 1.807) is 24.3 Å². The molecule has 2 aromatic rings. The van der Waals surface area contributed by atoms with Crippen LogP contribution in [0.25, 0.3) is 6.08 Å². The van der Waals surface area contributed by atoms with Crippen LogP contribution in [0.2, 0.25) is 10.0 Å².